The van der Waals surface area contributed by atoms with Gasteiger partial charge in [0, 0.05) is 10.5 Å². The van der Waals surface area contributed by atoms with Crippen LogP contribution in [0.5, 0.6) is 0 Å². The second kappa shape index (κ2) is 2.74. The Labute approximate surface area is 66.2 Å². The van der Waals surface area contributed by atoms with Gasteiger partial charge in [-0.05, 0) is 32.1 Å². The minimum atomic E-state index is 0.0165. The van der Waals surface area contributed by atoms with E-state index >= 15 is 0 Å². The van der Waals surface area contributed by atoms with Crippen molar-refractivity contribution < 1.29 is 5.11 Å². The summed E-state index contributed by atoms with van der Waals surface area (Å²) < 4.78 is 0. The first-order chi connectivity index (χ1) is 4.84. The maximum Gasteiger partial charge on any atom is 0.0551 e. The lowest BCUT2D eigenvalue weighted by molar-refractivity contribution is 0.149. The summed E-state index contributed by atoms with van der Waals surface area (Å²) >= 11 is 2.12. The van der Waals surface area contributed by atoms with Gasteiger partial charge < -0.3 is 5.11 Å². The van der Waals surface area contributed by atoms with Crippen LogP contribution in [0.4, 0.5) is 0 Å². The minimum Gasteiger partial charge on any atom is -0.393 e. The third-order valence-corrected chi connectivity index (χ3v) is 4.22. The zero-order chi connectivity index (χ0) is 6.97. The Hall–Kier alpha value is 0.310. The number of fused-ring (bicyclic) bond motifs is 2. The predicted molar refractivity (Wildman–Crippen MR) is 44.3 cm³/mol. The molecular weight excluding hydrogens is 144 g/mol. The summed E-state index contributed by atoms with van der Waals surface area (Å²) in [5, 5.41) is 11.1. The van der Waals surface area contributed by atoms with Crippen molar-refractivity contribution in [1.82, 2.24) is 0 Å². The second-order valence-electron chi connectivity index (χ2n) is 3.42. The molecule has 0 aromatic carbocycles. The molecule has 2 aliphatic rings. The fraction of sp³-hybridized carbons (Fsp3) is 1.00. The molecular formula is C8H14OS. The molecule has 2 bridgehead atoms. The van der Waals surface area contributed by atoms with E-state index in [0.29, 0.717) is 0 Å². The van der Waals surface area contributed by atoms with E-state index in [9.17, 15) is 5.11 Å². The summed E-state index contributed by atoms with van der Waals surface area (Å²) in [6.07, 6.45) is 6.13. The monoisotopic (exact) mass is 158 g/mol. The third-order valence-electron chi connectivity index (χ3n) is 2.55. The quantitative estimate of drug-likeness (QED) is 0.580. The van der Waals surface area contributed by atoms with Gasteiger partial charge in [0.05, 0.1) is 6.10 Å². The van der Waals surface area contributed by atoms with E-state index in [1.807, 2.05) is 0 Å². The van der Waals surface area contributed by atoms with Crippen LogP contribution < -0.4 is 0 Å². The van der Waals surface area contributed by atoms with E-state index in [2.05, 4.69) is 11.8 Å². The van der Waals surface area contributed by atoms with Gasteiger partial charge in [-0.15, -0.1) is 0 Å². The van der Waals surface area contributed by atoms with Crippen LogP contribution in [0.2, 0.25) is 0 Å². The first-order valence-electron chi connectivity index (χ1n) is 4.18. The summed E-state index contributed by atoms with van der Waals surface area (Å²) in [6.45, 7) is 0. The topological polar surface area (TPSA) is 20.2 Å². The standard InChI is InChI=1S/C8H14OS/c9-6-1-2-7-3-4-8(5-6)10-7/h6-9H,1-5H2. The molecule has 1 nitrogen and oxygen atoms in total. The van der Waals surface area contributed by atoms with Gasteiger partial charge in [-0.2, -0.15) is 11.8 Å². The maximum atomic E-state index is 9.40. The molecule has 2 fully saturated rings. The SMILES string of the molecule is OC1CCC2CCC(C1)S2. The molecule has 2 aliphatic heterocycles. The molecule has 10 heavy (non-hydrogen) atoms. The highest BCUT2D eigenvalue weighted by Crippen LogP contribution is 2.41. The number of aliphatic hydroxyl groups is 1. The van der Waals surface area contributed by atoms with Crippen molar-refractivity contribution in [2.75, 3.05) is 0 Å². The minimum absolute atomic E-state index is 0.0165. The van der Waals surface area contributed by atoms with Gasteiger partial charge in [0.25, 0.3) is 0 Å². The van der Waals surface area contributed by atoms with Gasteiger partial charge in [-0.3, -0.25) is 0 Å². The van der Waals surface area contributed by atoms with Crippen LogP contribution >= 0.6 is 11.8 Å². The fourth-order valence-electron chi connectivity index (χ4n) is 1.97. The molecule has 2 heterocycles. The Morgan fingerprint density at radius 1 is 1.00 bits per heavy atom. The van der Waals surface area contributed by atoms with Crippen LogP contribution in [0.15, 0.2) is 0 Å². The molecule has 0 aromatic heterocycles. The first kappa shape index (κ1) is 6.99. The van der Waals surface area contributed by atoms with Crippen LogP contribution in [-0.2, 0) is 0 Å². The molecule has 58 valence electrons. The van der Waals surface area contributed by atoms with Gasteiger partial charge in [0.1, 0.15) is 0 Å². The number of hydrogen-bond donors (Lipinski definition) is 1. The highest BCUT2D eigenvalue weighted by atomic mass is 32.2. The van der Waals surface area contributed by atoms with Gasteiger partial charge in [-0.1, -0.05) is 0 Å². The second-order valence-corrected chi connectivity index (χ2v) is 5.03. The summed E-state index contributed by atoms with van der Waals surface area (Å²) in [4.78, 5) is 0. The molecule has 2 heteroatoms. The molecule has 0 saturated carbocycles. The van der Waals surface area contributed by atoms with E-state index in [4.69, 9.17) is 0 Å². The zero-order valence-electron chi connectivity index (χ0n) is 6.12. The van der Waals surface area contributed by atoms with Crippen LogP contribution in [0.1, 0.15) is 32.1 Å². The van der Waals surface area contributed by atoms with Crippen molar-refractivity contribution in [3.05, 3.63) is 0 Å². The average Bonchev–Trinajstić information content (AvgIpc) is 2.22. The number of aliphatic hydroxyl groups excluding tert-OH is 1. The summed E-state index contributed by atoms with van der Waals surface area (Å²) in [5.74, 6) is 0. The lowest BCUT2D eigenvalue weighted by atomic mass is 9.99. The van der Waals surface area contributed by atoms with E-state index < -0.39 is 0 Å². The van der Waals surface area contributed by atoms with Crippen molar-refractivity contribution in [3.8, 4) is 0 Å². The molecule has 0 aromatic rings. The van der Waals surface area contributed by atoms with E-state index in [0.717, 1.165) is 23.3 Å². The van der Waals surface area contributed by atoms with Crippen LogP contribution in [0.25, 0.3) is 0 Å². The third kappa shape index (κ3) is 1.32. The van der Waals surface area contributed by atoms with Crippen molar-refractivity contribution in [2.45, 2.75) is 48.7 Å². The van der Waals surface area contributed by atoms with Crippen LogP contribution in [-0.4, -0.2) is 21.7 Å². The molecule has 0 radical (unpaired) electrons. The summed E-state index contributed by atoms with van der Waals surface area (Å²) in [6, 6.07) is 0. The highest BCUT2D eigenvalue weighted by molar-refractivity contribution is 8.00. The summed E-state index contributed by atoms with van der Waals surface area (Å²) in [5.41, 5.74) is 0. The van der Waals surface area contributed by atoms with Gasteiger partial charge >= 0.3 is 0 Å². The largest absolute Gasteiger partial charge is 0.393 e. The molecule has 1 N–H and O–H groups in total. The smallest absolute Gasteiger partial charge is 0.0551 e. The van der Waals surface area contributed by atoms with Gasteiger partial charge in [-0.25, -0.2) is 0 Å². The van der Waals surface area contributed by atoms with Crippen LogP contribution in [0.3, 0.4) is 0 Å². The fourth-order valence-corrected chi connectivity index (χ4v) is 3.66. The summed E-state index contributed by atoms with van der Waals surface area (Å²) in [7, 11) is 0. The van der Waals surface area contributed by atoms with Crippen molar-refractivity contribution in [3.63, 3.8) is 0 Å². The lowest BCUT2D eigenvalue weighted by Crippen LogP contribution is -2.12. The maximum absolute atomic E-state index is 9.40. The molecule has 0 spiro atoms. The lowest BCUT2D eigenvalue weighted by Gasteiger charge is -2.11. The Morgan fingerprint density at radius 3 is 2.60 bits per heavy atom. The Morgan fingerprint density at radius 2 is 1.70 bits per heavy atom. The Balaban J connectivity index is 1.99. The van der Waals surface area contributed by atoms with E-state index in [1.54, 1.807) is 0 Å². The van der Waals surface area contributed by atoms with Crippen molar-refractivity contribution in [1.29, 1.82) is 0 Å². The van der Waals surface area contributed by atoms with E-state index in [1.165, 1.54) is 19.3 Å². The zero-order valence-corrected chi connectivity index (χ0v) is 6.94. The molecule has 2 rings (SSSR count). The number of thioether (sulfide) groups is 1. The molecule has 3 unspecified atom stereocenters. The van der Waals surface area contributed by atoms with Crippen LogP contribution in [0, 0.1) is 0 Å². The first-order valence-corrected chi connectivity index (χ1v) is 5.12. The molecule has 3 atom stereocenters. The predicted octanol–water partition coefficient (Wildman–Crippen LogP) is 1.80. The normalized spacial score (nSPS) is 47.1. The molecule has 2 saturated heterocycles. The van der Waals surface area contributed by atoms with Crippen molar-refractivity contribution in [2.24, 2.45) is 0 Å². The molecule has 0 amide bonds. The van der Waals surface area contributed by atoms with E-state index in [-0.39, 0.29) is 6.10 Å². The molecule has 0 aliphatic carbocycles. The average molecular weight is 158 g/mol. The van der Waals surface area contributed by atoms with Crippen molar-refractivity contribution >= 4 is 11.8 Å². The van der Waals surface area contributed by atoms with Gasteiger partial charge in [0.15, 0.2) is 0 Å². The highest BCUT2D eigenvalue weighted by Gasteiger charge is 2.30. The Bertz CT molecular complexity index is 126. The number of rotatable bonds is 0. The number of hydrogen-bond acceptors (Lipinski definition) is 2. The Kier molecular flexibility index (Phi) is 1.92. The van der Waals surface area contributed by atoms with Gasteiger partial charge in [0.2, 0.25) is 0 Å².